The number of aromatic nitrogens is 5. The van der Waals surface area contributed by atoms with Crippen LogP contribution < -0.4 is 10.6 Å². The van der Waals surface area contributed by atoms with E-state index in [9.17, 15) is 14.4 Å². The predicted molar refractivity (Wildman–Crippen MR) is 210 cm³/mol. The van der Waals surface area contributed by atoms with Crippen molar-refractivity contribution >= 4 is 17.9 Å². The Balaban J connectivity index is 0.918. The van der Waals surface area contributed by atoms with Gasteiger partial charge in [0.25, 0.3) is 0 Å². The van der Waals surface area contributed by atoms with Crippen molar-refractivity contribution in [2.45, 2.75) is 69.7 Å². The standard InChI is InChI=1S/C43H48N8O5/c1-25(55-2)38(50-43(54)56-3)42(53)51-20-4-5-35(51)39-45-23-33(48-39)29-10-6-27(7-11-29)28-8-12-30(13-9-28)34-24-46-40(49-34)36-31-14-15-32(21-31)37(36)41(52)47-22-26-16-18-44-19-17-26/h6-13,16-19,23-25,31-32,35-38H,4-5,14-15,20-22H2,1-3H3,(H,45,48)(H,46,49)(H,47,52)(H,50,54)/t25-,31?,32?,35+,36?,37?,38+/m1/s1. The smallest absolute Gasteiger partial charge is 0.407 e. The first kappa shape index (κ1) is 37.1. The van der Waals surface area contributed by atoms with Gasteiger partial charge in [-0.1, -0.05) is 48.5 Å². The van der Waals surface area contributed by atoms with E-state index in [4.69, 9.17) is 14.5 Å². The molecule has 13 nitrogen and oxygen atoms in total. The Morgan fingerprint density at radius 1 is 0.821 bits per heavy atom. The van der Waals surface area contributed by atoms with Crippen LogP contribution in [0.4, 0.5) is 4.79 Å². The number of methoxy groups -OCH3 is 2. The summed E-state index contributed by atoms with van der Waals surface area (Å²) in [5.74, 6) is 2.37. The molecule has 2 bridgehead atoms. The van der Waals surface area contributed by atoms with Crippen molar-refractivity contribution in [2.24, 2.45) is 17.8 Å². The normalized spacial score (nSPS) is 22.5. The summed E-state index contributed by atoms with van der Waals surface area (Å²) >= 11 is 0. The van der Waals surface area contributed by atoms with Gasteiger partial charge in [-0.2, -0.15) is 0 Å². The molecule has 8 rings (SSSR count). The zero-order valence-corrected chi connectivity index (χ0v) is 31.9. The first-order valence-electron chi connectivity index (χ1n) is 19.5. The highest BCUT2D eigenvalue weighted by molar-refractivity contribution is 5.87. The number of rotatable bonds is 12. The van der Waals surface area contributed by atoms with Crippen LogP contribution in [-0.2, 0) is 25.6 Å². The number of nitrogens with zero attached hydrogens (tertiary/aromatic N) is 4. The summed E-state index contributed by atoms with van der Waals surface area (Å²) in [5.41, 5.74) is 7.04. The highest BCUT2D eigenvalue weighted by Crippen LogP contribution is 2.56. The third-order valence-corrected chi connectivity index (χ3v) is 12.1. The van der Waals surface area contributed by atoms with Crippen molar-refractivity contribution in [1.29, 1.82) is 0 Å². The van der Waals surface area contributed by atoms with Crippen LogP contribution in [0.5, 0.6) is 0 Å². The SMILES string of the molecule is COC(=O)N[C@H](C(=O)N1CCC[C@H]1c1ncc(-c2ccc(-c3ccc(-c4cnc(C5C6CCC(C6)C5C(=O)NCc5ccncc5)[nH]4)cc3)cc2)[nH]1)[C@@H](C)OC. The summed E-state index contributed by atoms with van der Waals surface area (Å²) in [7, 11) is 2.77. The third kappa shape index (κ3) is 7.43. The number of pyridine rings is 1. The number of amides is 3. The average Bonchev–Trinajstić information content (AvgIpc) is 4.10. The van der Waals surface area contributed by atoms with E-state index in [2.05, 4.69) is 79.1 Å². The number of hydrogen-bond acceptors (Lipinski definition) is 8. The Hall–Kier alpha value is -5.82. The summed E-state index contributed by atoms with van der Waals surface area (Å²) < 4.78 is 10.2. The lowest BCUT2D eigenvalue weighted by molar-refractivity contribution is -0.137. The number of carbonyl (C=O) groups is 3. The Bertz CT molecular complexity index is 2150. The molecule has 2 aliphatic carbocycles. The van der Waals surface area contributed by atoms with Gasteiger partial charge in [-0.15, -0.1) is 0 Å². The molecule has 4 N–H and O–H groups in total. The maximum Gasteiger partial charge on any atom is 0.407 e. The van der Waals surface area contributed by atoms with Gasteiger partial charge in [0.2, 0.25) is 11.8 Å². The Morgan fingerprint density at radius 3 is 2.07 bits per heavy atom. The van der Waals surface area contributed by atoms with Crippen LogP contribution in [0, 0.1) is 17.8 Å². The highest BCUT2D eigenvalue weighted by atomic mass is 16.5. The van der Waals surface area contributed by atoms with E-state index in [1.807, 2.05) is 18.3 Å². The minimum atomic E-state index is -0.885. The van der Waals surface area contributed by atoms with Crippen molar-refractivity contribution in [1.82, 2.24) is 40.5 Å². The number of carbonyl (C=O) groups excluding carboxylic acids is 3. The Morgan fingerprint density at radius 2 is 1.43 bits per heavy atom. The van der Waals surface area contributed by atoms with Crippen LogP contribution in [0.3, 0.4) is 0 Å². The van der Waals surface area contributed by atoms with E-state index < -0.39 is 18.2 Å². The summed E-state index contributed by atoms with van der Waals surface area (Å²) in [6.45, 7) is 2.80. The molecule has 1 saturated heterocycles. The molecular formula is C43H48N8O5. The molecule has 4 heterocycles. The van der Waals surface area contributed by atoms with Crippen LogP contribution in [0.2, 0.25) is 0 Å². The molecule has 3 fully saturated rings. The molecule has 4 unspecified atom stereocenters. The fraction of sp³-hybridized carbons (Fsp3) is 0.395. The summed E-state index contributed by atoms with van der Waals surface area (Å²) in [5, 5.41) is 5.82. The lowest BCUT2D eigenvalue weighted by Crippen LogP contribution is -2.54. The number of imidazole rings is 2. The van der Waals surface area contributed by atoms with Gasteiger partial charge in [-0.25, -0.2) is 14.8 Å². The van der Waals surface area contributed by atoms with Crippen LogP contribution in [0.25, 0.3) is 33.6 Å². The number of hydrogen-bond donors (Lipinski definition) is 4. The van der Waals surface area contributed by atoms with E-state index in [0.29, 0.717) is 30.7 Å². The third-order valence-electron chi connectivity index (χ3n) is 12.1. The quantitative estimate of drug-likeness (QED) is 0.114. The molecule has 7 atom stereocenters. The van der Waals surface area contributed by atoms with Crippen molar-refractivity contribution in [3.8, 4) is 33.6 Å². The van der Waals surface area contributed by atoms with Crippen molar-refractivity contribution in [3.63, 3.8) is 0 Å². The lowest BCUT2D eigenvalue weighted by Gasteiger charge is -2.30. The summed E-state index contributed by atoms with van der Waals surface area (Å²) in [6.07, 6.45) is 10.9. The number of alkyl carbamates (subject to hydrolysis) is 1. The number of nitrogens with one attached hydrogen (secondary N) is 4. The van der Waals surface area contributed by atoms with Crippen molar-refractivity contribution in [2.75, 3.05) is 20.8 Å². The molecule has 2 saturated carbocycles. The summed E-state index contributed by atoms with van der Waals surface area (Å²) in [6, 6.07) is 19.5. The minimum Gasteiger partial charge on any atom is -0.453 e. The molecular weight excluding hydrogens is 709 g/mol. The molecule has 3 amide bonds. The number of H-pyrrole nitrogens is 2. The van der Waals surface area contributed by atoms with E-state index in [1.54, 1.807) is 30.4 Å². The van der Waals surface area contributed by atoms with E-state index in [0.717, 1.165) is 77.1 Å². The minimum absolute atomic E-state index is 0.0745. The maximum absolute atomic E-state index is 13.6. The summed E-state index contributed by atoms with van der Waals surface area (Å²) in [4.78, 5) is 61.5. The zero-order valence-electron chi connectivity index (χ0n) is 31.9. The molecule has 56 heavy (non-hydrogen) atoms. The molecule has 5 aromatic rings. The second-order valence-electron chi connectivity index (χ2n) is 15.2. The molecule has 0 radical (unpaired) electrons. The van der Waals surface area contributed by atoms with E-state index in [-0.39, 0.29) is 29.7 Å². The number of fused-ring (bicyclic) bond motifs is 2. The monoisotopic (exact) mass is 756 g/mol. The topological polar surface area (TPSA) is 167 Å². The van der Waals surface area contributed by atoms with Crippen LogP contribution in [-0.4, -0.2) is 80.6 Å². The van der Waals surface area contributed by atoms with E-state index >= 15 is 0 Å². The second-order valence-corrected chi connectivity index (χ2v) is 15.2. The molecule has 3 aromatic heterocycles. The largest absolute Gasteiger partial charge is 0.453 e. The number of aromatic amines is 2. The molecule has 0 spiro atoms. The molecule has 2 aromatic carbocycles. The number of benzene rings is 2. The average molecular weight is 757 g/mol. The van der Waals surface area contributed by atoms with Gasteiger partial charge in [0.15, 0.2) is 0 Å². The molecule has 1 aliphatic heterocycles. The van der Waals surface area contributed by atoms with Gasteiger partial charge in [-0.05, 0) is 90.8 Å². The molecule has 290 valence electrons. The van der Waals surface area contributed by atoms with Crippen molar-refractivity contribution < 1.29 is 23.9 Å². The fourth-order valence-electron chi connectivity index (χ4n) is 9.05. The zero-order chi connectivity index (χ0) is 38.8. The van der Waals surface area contributed by atoms with Crippen LogP contribution in [0.1, 0.15) is 68.2 Å². The maximum atomic E-state index is 13.6. The second kappa shape index (κ2) is 16.1. The Kier molecular flexibility index (Phi) is 10.7. The number of likely N-dealkylation sites (tertiary alicyclic amines) is 1. The number of ether oxygens (including phenoxy) is 2. The first-order chi connectivity index (χ1) is 27.3. The van der Waals surface area contributed by atoms with Gasteiger partial charge in [0.1, 0.15) is 17.7 Å². The Labute approximate surface area is 326 Å². The van der Waals surface area contributed by atoms with Gasteiger partial charge in [0, 0.05) is 38.5 Å². The predicted octanol–water partition coefficient (Wildman–Crippen LogP) is 6.40. The lowest BCUT2D eigenvalue weighted by atomic mass is 9.78. The van der Waals surface area contributed by atoms with Gasteiger partial charge in [-0.3, -0.25) is 14.6 Å². The van der Waals surface area contributed by atoms with E-state index in [1.165, 1.54) is 14.2 Å². The van der Waals surface area contributed by atoms with Gasteiger partial charge in [0.05, 0.1) is 49.0 Å². The van der Waals surface area contributed by atoms with Crippen LogP contribution in [0.15, 0.2) is 85.5 Å². The highest BCUT2D eigenvalue weighted by Gasteiger charge is 2.52. The molecule has 3 aliphatic rings. The van der Waals surface area contributed by atoms with Crippen molar-refractivity contribution in [3.05, 3.63) is 103 Å². The fourth-order valence-corrected chi connectivity index (χ4v) is 9.05. The molecule has 13 heteroatoms. The van der Waals surface area contributed by atoms with Gasteiger partial charge >= 0.3 is 6.09 Å². The first-order valence-corrected chi connectivity index (χ1v) is 19.5. The van der Waals surface area contributed by atoms with Gasteiger partial charge < -0.3 is 35.0 Å². The van der Waals surface area contributed by atoms with Crippen LogP contribution >= 0.6 is 0 Å².